The van der Waals surface area contributed by atoms with E-state index in [2.05, 4.69) is 20.8 Å². The summed E-state index contributed by atoms with van der Waals surface area (Å²) in [4.78, 5) is 13.6. The van der Waals surface area contributed by atoms with Gasteiger partial charge in [0.2, 0.25) is 15.9 Å². The molecule has 0 spiro atoms. The van der Waals surface area contributed by atoms with Crippen molar-refractivity contribution in [3.63, 3.8) is 0 Å². The first-order chi connectivity index (χ1) is 12.4. The number of hydrogen-bond acceptors (Lipinski definition) is 4. The summed E-state index contributed by atoms with van der Waals surface area (Å²) in [7, 11) is -3.50. The van der Waals surface area contributed by atoms with Crippen LogP contribution in [0.2, 0.25) is 0 Å². The third kappa shape index (κ3) is 4.15. The Hall–Kier alpha value is -1.74. The molecule has 2 aromatic rings. The minimum absolute atomic E-state index is 0.301. The van der Waals surface area contributed by atoms with Crippen LogP contribution in [0.25, 0.3) is 0 Å². The molecule has 6 nitrogen and oxygen atoms in total. The van der Waals surface area contributed by atoms with Gasteiger partial charge in [0.25, 0.3) is 0 Å². The molecule has 138 valence electrons. The third-order valence-corrected chi connectivity index (χ3v) is 7.34. The fraction of sp³-hybridized carbons (Fsp3) is 0.278. The van der Waals surface area contributed by atoms with E-state index in [1.165, 1.54) is 4.31 Å². The first-order valence-corrected chi connectivity index (χ1v) is 10.5. The molecule has 0 radical (unpaired) electrons. The Morgan fingerprint density at radius 3 is 2.19 bits per heavy atom. The monoisotopic (exact) mass is 437 g/mol. The van der Waals surface area contributed by atoms with Crippen molar-refractivity contribution in [2.45, 2.75) is 11.4 Å². The summed E-state index contributed by atoms with van der Waals surface area (Å²) < 4.78 is 27.7. The predicted octanol–water partition coefficient (Wildman–Crippen LogP) is 2.05. The zero-order chi connectivity index (χ0) is 18.7. The molecule has 3 rings (SSSR count). The van der Waals surface area contributed by atoms with Crippen LogP contribution in [0, 0.1) is 0 Å². The Labute approximate surface area is 161 Å². The van der Waals surface area contributed by atoms with Crippen molar-refractivity contribution in [3.8, 4) is 0 Å². The number of nitrogens with zero attached hydrogens (tertiary/aromatic N) is 2. The van der Waals surface area contributed by atoms with Gasteiger partial charge < -0.3 is 5.73 Å². The molecule has 0 unspecified atom stereocenters. The fourth-order valence-corrected chi connectivity index (χ4v) is 5.34. The molecule has 0 aromatic heterocycles. The lowest BCUT2D eigenvalue weighted by atomic mass is 10.1. The quantitative estimate of drug-likeness (QED) is 0.775. The van der Waals surface area contributed by atoms with Crippen LogP contribution in [-0.4, -0.2) is 49.7 Å². The van der Waals surface area contributed by atoms with Crippen molar-refractivity contribution < 1.29 is 13.2 Å². The molecule has 1 fully saturated rings. The number of sulfonamides is 1. The maximum Gasteiger partial charge on any atom is 0.248 e. The molecule has 2 N–H and O–H groups in total. The topological polar surface area (TPSA) is 83.7 Å². The first kappa shape index (κ1) is 19.0. The largest absolute Gasteiger partial charge is 0.366 e. The SMILES string of the molecule is NC(=O)c1ccc(CN2CCN(S(=O)(=O)c3ccccc3Br)CC2)cc1. The summed E-state index contributed by atoms with van der Waals surface area (Å²) in [5.74, 6) is -0.442. The summed E-state index contributed by atoms with van der Waals surface area (Å²) in [6.07, 6.45) is 0. The van der Waals surface area contributed by atoms with Gasteiger partial charge in [-0.25, -0.2) is 8.42 Å². The van der Waals surface area contributed by atoms with E-state index >= 15 is 0 Å². The molecule has 8 heteroatoms. The smallest absolute Gasteiger partial charge is 0.248 e. The van der Waals surface area contributed by atoms with Gasteiger partial charge in [0.05, 0.1) is 4.90 Å². The summed E-state index contributed by atoms with van der Waals surface area (Å²) in [6, 6.07) is 14.1. The number of rotatable bonds is 5. The molecule has 26 heavy (non-hydrogen) atoms. The van der Waals surface area contributed by atoms with E-state index in [1.54, 1.807) is 36.4 Å². The van der Waals surface area contributed by atoms with Gasteiger partial charge in [0, 0.05) is 42.8 Å². The van der Waals surface area contributed by atoms with Crippen molar-refractivity contribution in [2.75, 3.05) is 26.2 Å². The maximum atomic E-state index is 12.8. The molecule has 1 aliphatic heterocycles. The van der Waals surface area contributed by atoms with Crippen molar-refractivity contribution >= 4 is 31.9 Å². The molecular weight excluding hydrogens is 418 g/mol. The van der Waals surface area contributed by atoms with Crippen molar-refractivity contribution in [2.24, 2.45) is 5.73 Å². The van der Waals surface area contributed by atoms with Gasteiger partial charge in [-0.05, 0) is 45.8 Å². The Kier molecular flexibility index (Phi) is 5.76. The number of carbonyl (C=O) groups is 1. The molecule has 0 aliphatic carbocycles. The van der Waals surface area contributed by atoms with E-state index in [0.717, 1.165) is 5.56 Å². The molecular formula is C18H20BrN3O3S. The van der Waals surface area contributed by atoms with E-state index in [9.17, 15) is 13.2 Å². The summed E-state index contributed by atoms with van der Waals surface area (Å²) >= 11 is 3.32. The van der Waals surface area contributed by atoms with Crippen molar-refractivity contribution in [3.05, 3.63) is 64.1 Å². The lowest BCUT2D eigenvalue weighted by Crippen LogP contribution is -2.48. The number of hydrogen-bond donors (Lipinski definition) is 1. The van der Waals surface area contributed by atoms with E-state index in [0.29, 0.717) is 47.7 Å². The number of primary amides is 1. The van der Waals surface area contributed by atoms with Gasteiger partial charge in [-0.15, -0.1) is 0 Å². The van der Waals surface area contributed by atoms with Gasteiger partial charge >= 0.3 is 0 Å². The second kappa shape index (κ2) is 7.87. The Bertz CT molecular complexity index is 892. The molecule has 1 saturated heterocycles. The van der Waals surface area contributed by atoms with Gasteiger partial charge in [-0.2, -0.15) is 4.31 Å². The minimum Gasteiger partial charge on any atom is -0.366 e. The van der Waals surface area contributed by atoms with E-state index in [1.807, 2.05) is 12.1 Å². The number of carbonyl (C=O) groups excluding carboxylic acids is 1. The molecule has 0 atom stereocenters. The predicted molar refractivity (Wildman–Crippen MR) is 103 cm³/mol. The van der Waals surface area contributed by atoms with Crippen LogP contribution in [0.5, 0.6) is 0 Å². The fourth-order valence-electron chi connectivity index (χ4n) is 2.95. The number of benzene rings is 2. The number of amides is 1. The highest BCUT2D eigenvalue weighted by atomic mass is 79.9. The lowest BCUT2D eigenvalue weighted by molar-refractivity contribution is 0.1000. The summed E-state index contributed by atoms with van der Waals surface area (Å²) in [6.45, 7) is 2.91. The zero-order valence-corrected chi connectivity index (χ0v) is 16.5. The van der Waals surface area contributed by atoms with Gasteiger partial charge in [-0.3, -0.25) is 9.69 Å². The van der Waals surface area contributed by atoms with Gasteiger partial charge in [0.15, 0.2) is 0 Å². The average Bonchev–Trinajstić information content (AvgIpc) is 2.63. The van der Waals surface area contributed by atoms with Crippen LogP contribution in [0.15, 0.2) is 57.9 Å². The summed E-state index contributed by atoms with van der Waals surface area (Å²) in [5, 5.41) is 0. The standard InChI is InChI=1S/C18H20BrN3O3S/c19-16-3-1-2-4-17(16)26(24,25)22-11-9-21(10-12-22)13-14-5-7-15(8-6-14)18(20)23/h1-8H,9-13H2,(H2,20,23). The highest BCUT2D eigenvalue weighted by Gasteiger charge is 2.29. The second-order valence-corrected chi connectivity index (χ2v) is 8.93. The van der Waals surface area contributed by atoms with Crippen molar-refractivity contribution in [1.82, 2.24) is 9.21 Å². The van der Waals surface area contributed by atoms with Gasteiger partial charge in [0.1, 0.15) is 0 Å². The summed E-state index contributed by atoms with van der Waals surface area (Å²) in [5.41, 5.74) is 6.80. The van der Waals surface area contributed by atoms with E-state index in [4.69, 9.17) is 5.73 Å². The Balaban J connectivity index is 1.62. The number of piperazine rings is 1. The zero-order valence-electron chi connectivity index (χ0n) is 14.1. The van der Waals surface area contributed by atoms with Crippen molar-refractivity contribution in [1.29, 1.82) is 0 Å². The molecule has 1 aliphatic rings. The highest BCUT2D eigenvalue weighted by Crippen LogP contribution is 2.25. The van der Waals surface area contributed by atoms with Crippen LogP contribution >= 0.6 is 15.9 Å². The number of nitrogens with two attached hydrogens (primary N) is 1. The Morgan fingerprint density at radius 1 is 1.00 bits per heavy atom. The number of halogens is 1. The Morgan fingerprint density at radius 2 is 1.62 bits per heavy atom. The van der Waals surface area contributed by atoms with E-state index < -0.39 is 15.9 Å². The molecule has 1 amide bonds. The van der Waals surface area contributed by atoms with Crippen LogP contribution in [0.1, 0.15) is 15.9 Å². The molecule has 1 heterocycles. The maximum absolute atomic E-state index is 12.8. The minimum atomic E-state index is -3.50. The molecule has 0 saturated carbocycles. The van der Waals surface area contributed by atoms with Crippen LogP contribution in [0.4, 0.5) is 0 Å². The third-order valence-electron chi connectivity index (χ3n) is 4.43. The van der Waals surface area contributed by atoms with Crippen LogP contribution in [0.3, 0.4) is 0 Å². The van der Waals surface area contributed by atoms with Crippen LogP contribution in [-0.2, 0) is 16.6 Å². The second-order valence-electron chi connectivity index (χ2n) is 6.17. The first-order valence-electron chi connectivity index (χ1n) is 8.24. The average molecular weight is 438 g/mol. The lowest BCUT2D eigenvalue weighted by Gasteiger charge is -2.34. The van der Waals surface area contributed by atoms with Crippen LogP contribution < -0.4 is 5.73 Å². The highest BCUT2D eigenvalue weighted by molar-refractivity contribution is 9.10. The normalized spacial score (nSPS) is 16.5. The van der Waals surface area contributed by atoms with E-state index in [-0.39, 0.29) is 0 Å². The molecule has 2 aromatic carbocycles. The molecule has 0 bridgehead atoms. The van der Waals surface area contributed by atoms with Gasteiger partial charge in [-0.1, -0.05) is 24.3 Å².